The molecular weight excluding hydrogens is 429 g/mol. The number of hydrogen-bond acceptors (Lipinski definition) is 5. The third-order valence-electron chi connectivity index (χ3n) is 5.52. The van der Waals surface area contributed by atoms with Gasteiger partial charge in [0.1, 0.15) is 29.0 Å². The molecule has 3 aromatic rings. The van der Waals surface area contributed by atoms with Crippen LogP contribution in [-0.4, -0.2) is 29.3 Å². The number of amidine groups is 1. The van der Waals surface area contributed by atoms with Gasteiger partial charge in [0.2, 0.25) is 0 Å². The van der Waals surface area contributed by atoms with Crippen LogP contribution in [0.25, 0.3) is 0 Å². The lowest BCUT2D eigenvalue weighted by Crippen LogP contribution is -2.45. The van der Waals surface area contributed by atoms with Crippen molar-refractivity contribution in [3.8, 4) is 0 Å². The van der Waals surface area contributed by atoms with Crippen LogP contribution in [0.3, 0.4) is 0 Å². The van der Waals surface area contributed by atoms with Gasteiger partial charge in [0.25, 0.3) is 0 Å². The Hall–Kier alpha value is -3.09. The second-order valence-electron chi connectivity index (χ2n) is 8.08. The summed E-state index contributed by atoms with van der Waals surface area (Å²) in [5.41, 5.74) is 7.63. The number of pyridine rings is 1. The number of carbonyl (C=O) groups is 1. The number of rotatable bonds is 6. The number of aliphatic imine (C=N–C) groups is 1. The highest BCUT2D eigenvalue weighted by atomic mass is 35.5. The molecule has 0 bridgehead atoms. The lowest BCUT2D eigenvalue weighted by atomic mass is 9.89. The van der Waals surface area contributed by atoms with Crippen molar-refractivity contribution < 1.29 is 13.9 Å². The van der Waals surface area contributed by atoms with Crippen molar-refractivity contribution in [3.05, 3.63) is 100 Å². The molecule has 7 heteroatoms. The molecule has 0 radical (unpaired) electrons. The van der Waals surface area contributed by atoms with Gasteiger partial charge in [0.05, 0.1) is 11.6 Å². The summed E-state index contributed by atoms with van der Waals surface area (Å²) >= 11 is 5.83. The quantitative estimate of drug-likeness (QED) is 0.559. The van der Waals surface area contributed by atoms with Gasteiger partial charge in [-0.2, -0.15) is 0 Å². The molecule has 32 heavy (non-hydrogen) atoms. The number of Topliss-reactive ketones (excluding diaryl/α,β-unsaturated/α-hetero) is 1. The SMILES string of the molecule is C[C@@]1(c2cc(CC(=O)c3ccc(Cl)cn3)ccc2F)CO[C@H](Cc2ccccc2)C(N)=N1. The van der Waals surface area contributed by atoms with Crippen LogP contribution in [0.1, 0.15) is 34.1 Å². The monoisotopic (exact) mass is 451 g/mol. The maximum Gasteiger partial charge on any atom is 0.185 e. The molecule has 2 heterocycles. The zero-order chi connectivity index (χ0) is 22.7. The Labute approximate surface area is 191 Å². The van der Waals surface area contributed by atoms with Gasteiger partial charge in [0.15, 0.2) is 5.78 Å². The first kappa shape index (κ1) is 22.1. The van der Waals surface area contributed by atoms with Gasteiger partial charge >= 0.3 is 0 Å². The van der Waals surface area contributed by atoms with E-state index in [1.807, 2.05) is 30.3 Å². The van der Waals surface area contributed by atoms with E-state index in [2.05, 4.69) is 9.98 Å². The van der Waals surface area contributed by atoms with E-state index in [1.165, 1.54) is 12.3 Å². The third-order valence-corrected chi connectivity index (χ3v) is 5.75. The molecule has 4 rings (SSSR count). The van der Waals surface area contributed by atoms with E-state index in [0.29, 0.717) is 34.1 Å². The van der Waals surface area contributed by atoms with Crippen LogP contribution >= 0.6 is 11.6 Å². The van der Waals surface area contributed by atoms with Crippen LogP contribution in [0, 0.1) is 5.82 Å². The summed E-state index contributed by atoms with van der Waals surface area (Å²) in [6.07, 6.45) is 1.73. The molecule has 2 N–H and O–H groups in total. The summed E-state index contributed by atoms with van der Waals surface area (Å²) in [5.74, 6) is -0.279. The highest BCUT2D eigenvalue weighted by molar-refractivity contribution is 6.30. The minimum atomic E-state index is -0.987. The molecule has 0 unspecified atom stereocenters. The first-order chi connectivity index (χ1) is 15.3. The summed E-state index contributed by atoms with van der Waals surface area (Å²) in [5, 5.41) is 0.455. The Balaban J connectivity index is 1.55. The molecule has 164 valence electrons. The number of nitrogens with zero attached hydrogens (tertiary/aromatic N) is 2. The molecule has 2 aromatic carbocycles. The summed E-state index contributed by atoms with van der Waals surface area (Å²) < 4.78 is 20.8. The maximum atomic E-state index is 14.8. The molecular formula is C25H23ClFN3O2. The van der Waals surface area contributed by atoms with Crippen molar-refractivity contribution in [1.82, 2.24) is 4.98 Å². The van der Waals surface area contributed by atoms with Crippen LogP contribution in [0.4, 0.5) is 4.39 Å². The van der Waals surface area contributed by atoms with E-state index in [0.717, 1.165) is 5.56 Å². The van der Waals surface area contributed by atoms with E-state index >= 15 is 0 Å². The molecule has 5 nitrogen and oxygen atoms in total. The van der Waals surface area contributed by atoms with E-state index < -0.39 is 11.4 Å². The Kier molecular flexibility index (Phi) is 6.35. The number of hydrogen-bond donors (Lipinski definition) is 1. The molecule has 0 fully saturated rings. The maximum absolute atomic E-state index is 14.8. The van der Waals surface area contributed by atoms with Crippen molar-refractivity contribution >= 4 is 23.2 Å². The fourth-order valence-corrected chi connectivity index (χ4v) is 3.89. The predicted molar refractivity (Wildman–Crippen MR) is 123 cm³/mol. The van der Waals surface area contributed by atoms with Gasteiger partial charge in [0, 0.05) is 24.6 Å². The minimum absolute atomic E-state index is 0.0781. The highest BCUT2D eigenvalue weighted by Gasteiger charge is 2.36. The van der Waals surface area contributed by atoms with Crippen LogP contribution < -0.4 is 5.73 Å². The third kappa shape index (κ3) is 4.87. The van der Waals surface area contributed by atoms with Crippen LogP contribution in [-0.2, 0) is 23.1 Å². The highest BCUT2D eigenvalue weighted by Crippen LogP contribution is 2.33. The van der Waals surface area contributed by atoms with Crippen LogP contribution in [0.2, 0.25) is 5.02 Å². The van der Waals surface area contributed by atoms with Crippen molar-refractivity contribution in [2.75, 3.05) is 6.61 Å². The van der Waals surface area contributed by atoms with Crippen molar-refractivity contribution in [2.45, 2.75) is 31.4 Å². The van der Waals surface area contributed by atoms with Gasteiger partial charge in [-0.25, -0.2) is 4.39 Å². The van der Waals surface area contributed by atoms with E-state index in [1.54, 1.807) is 31.2 Å². The summed E-state index contributed by atoms with van der Waals surface area (Å²) in [6.45, 7) is 1.96. The van der Waals surface area contributed by atoms with Crippen molar-refractivity contribution in [1.29, 1.82) is 0 Å². The second kappa shape index (κ2) is 9.18. The number of carbonyl (C=O) groups excluding carboxylic acids is 1. The lowest BCUT2D eigenvalue weighted by Gasteiger charge is -2.34. The van der Waals surface area contributed by atoms with E-state index in [9.17, 15) is 9.18 Å². The number of halogens is 2. The Morgan fingerprint density at radius 3 is 2.66 bits per heavy atom. The zero-order valence-corrected chi connectivity index (χ0v) is 18.3. The van der Waals surface area contributed by atoms with Gasteiger partial charge in [-0.15, -0.1) is 0 Å². The molecule has 2 atom stereocenters. The smallest absolute Gasteiger partial charge is 0.185 e. The lowest BCUT2D eigenvalue weighted by molar-refractivity contribution is 0.0445. The van der Waals surface area contributed by atoms with Crippen LogP contribution in [0.5, 0.6) is 0 Å². The predicted octanol–water partition coefficient (Wildman–Crippen LogP) is 4.51. The minimum Gasteiger partial charge on any atom is -0.385 e. The van der Waals surface area contributed by atoms with Gasteiger partial charge in [-0.1, -0.05) is 48.0 Å². The largest absolute Gasteiger partial charge is 0.385 e. The molecule has 0 saturated heterocycles. The Morgan fingerprint density at radius 1 is 1.19 bits per heavy atom. The first-order valence-electron chi connectivity index (χ1n) is 10.3. The molecule has 1 aromatic heterocycles. The number of ketones is 1. The fourth-order valence-electron chi connectivity index (χ4n) is 3.78. The normalized spacial score (nSPS) is 20.6. The van der Waals surface area contributed by atoms with Gasteiger partial charge in [-0.3, -0.25) is 14.8 Å². The molecule has 0 spiro atoms. The summed E-state index contributed by atoms with van der Waals surface area (Å²) in [4.78, 5) is 21.3. The molecule has 1 aliphatic rings. The number of benzene rings is 2. The second-order valence-corrected chi connectivity index (χ2v) is 8.51. The van der Waals surface area contributed by atoms with E-state index in [4.69, 9.17) is 22.1 Å². The summed E-state index contributed by atoms with van der Waals surface area (Å²) in [6, 6.07) is 17.6. The van der Waals surface area contributed by atoms with E-state index in [-0.39, 0.29) is 24.9 Å². The molecule has 0 saturated carbocycles. The summed E-state index contributed by atoms with van der Waals surface area (Å²) in [7, 11) is 0. The zero-order valence-electron chi connectivity index (χ0n) is 17.6. The first-order valence-corrected chi connectivity index (χ1v) is 10.7. The molecule has 1 aliphatic heterocycles. The van der Waals surface area contributed by atoms with Crippen molar-refractivity contribution in [3.63, 3.8) is 0 Å². The Bertz CT molecular complexity index is 1150. The molecule has 0 aliphatic carbocycles. The average molecular weight is 452 g/mol. The van der Waals surface area contributed by atoms with Crippen LogP contribution in [0.15, 0.2) is 71.9 Å². The molecule has 0 amide bonds. The number of ether oxygens (including phenoxy) is 1. The Morgan fingerprint density at radius 2 is 1.97 bits per heavy atom. The number of nitrogens with two attached hydrogens (primary N) is 1. The standard InChI is InChI=1S/C25H23ClFN3O2/c1-25(15-32-23(24(28)30-25)13-16-5-3-2-4-6-16)19-11-17(7-9-20(19)27)12-22(31)21-10-8-18(26)14-29-21/h2-11,14,23H,12-13,15H2,1H3,(H2,28,30)/t23-,25+/m1/s1. The topological polar surface area (TPSA) is 77.6 Å². The average Bonchev–Trinajstić information content (AvgIpc) is 2.78. The van der Waals surface area contributed by atoms with Gasteiger partial charge in [-0.05, 0) is 42.3 Å². The van der Waals surface area contributed by atoms with Gasteiger partial charge < -0.3 is 10.5 Å². The van der Waals surface area contributed by atoms with Crippen molar-refractivity contribution in [2.24, 2.45) is 10.7 Å². The number of aromatic nitrogens is 1. The fraction of sp³-hybridized carbons (Fsp3) is 0.240.